The quantitative estimate of drug-likeness (QED) is 0.850. The van der Waals surface area contributed by atoms with Crippen molar-refractivity contribution < 1.29 is 4.42 Å². The molecular weight excluding hydrogens is 260 g/mol. The molecule has 21 heavy (non-hydrogen) atoms. The molecule has 0 amide bonds. The molecular formula is C18H24N2O. The Hall–Kier alpha value is -1.51. The number of rotatable bonds is 4. The molecule has 0 saturated heterocycles. The van der Waals surface area contributed by atoms with E-state index < -0.39 is 0 Å². The summed E-state index contributed by atoms with van der Waals surface area (Å²) in [5.74, 6) is 2.41. The molecule has 0 spiro atoms. The van der Waals surface area contributed by atoms with E-state index in [1.54, 1.807) is 0 Å². The fourth-order valence-electron chi connectivity index (χ4n) is 3.57. The Bertz CT molecular complexity index is 629. The third-order valence-electron chi connectivity index (χ3n) is 5.06. The SMILES string of the molecule is CCC1CCCC(Nc2ccc3oc(C4CC4)nc3c2)C1. The Morgan fingerprint density at radius 1 is 1.24 bits per heavy atom. The summed E-state index contributed by atoms with van der Waals surface area (Å²) in [6.07, 6.45) is 9.14. The van der Waals surface area contributed by atoms with Crippen LogP contribution >= 0.6 is 0 Å². The number of hydrogen-bond acceptors (Lipinski definition) is 3. The fraction of sp³-hybridized carbons (Fsp3) is 0.611. The second-order valence-corrected chi connectivity index (χ2v) is 6.79. The van der Waals surface area contributed by atoms with Gasteiger partial charge in [0.2, 0.25) is 0 Å². The van der Waals surface area contributed by atoms with Crippen LogP contribution < -0.4 is 5.32 Å². The predicted octanol–water partition coefficient (Wildman–Crippen LogP) is 5.09. The van der Waals surface area contributed by atoms with E-state index in [-0.39, 0.29) is 0 Å². The molecule has 0 aliphatic heterocycles. The van der Waals surface area contributed by atoms with Gasteiger partial charge in [-0.3, -0.25) is 0 Å². The zero-order valence-electron chi connectivity index (χ0n) is 12.8. The predicted molar refractivity (Wildman–Crippen MR) is 85.6 cm³/mol. The van der Waals surface area contributed by atoms with Crippen molar-refractivity contribution >= 4 is 16.8 Å². The summed E-state index contributed by atoms with van der Waals surface area (Å²) in [5.41, 5.74) is 3.13. The van der Waals surface area contributed by atoms with Crippen LogP contribution in [-0.2, 0) is 0 Å². The third kappa shape index (κ3) is 2.78. The van der Waals surface area contributed by atoms with Gasteiger partial charge < -0.3 is 9.73 Å². The molecule has 3 nitrogen and oxygen atoms in total. The number of fused-ring (bicyclic) bond motifs is 1. The van der Waals surface area contributed by atoms with E-state index in [1.165, 1.54) is 50.6 Å². The molecule has 0 radical (unpaired) electrons. The summed E-state index contributed by atoms with van der Waals surface area (Å²) in [4.78, 5) is 4.65. The van der Waals surface area contributed by atoms with Gasteiger partial charge in [-0.25, -0.2) is 4.98 Å². The number of nitrogens with zero attached hydrogens (tertiary/aromatic N) is 1. The summed E-state index contributed by atoms with van der Waals surface area (Å²) >= 11 is 0. The molecule has 2 atom stereocenters. The zero-order valence-corrected chi connectivity index (χ0v) is 12.8. The van der Waals surface area contributed by atoms with Crippen molar-refractivity contribution in [1.82, 2.24) is 4.98 Å². The summed E-state index contributed by atoms with van der Waals surface area (Å²) in [6, 6.07) is 6.98. The number of nitrogens with one attached hydrogen (secondary N) is 1. The van der Waals surface area contributed by atoms with Crippen molar-refractivity contribution in [2.24, 2.45) is 5.92 Å². The molecule has 4 rings (SSSR count). The lowest BCUT2D eigenvalue weighted by atomic mass is 9.84. The molecule has 1 aromatic heterocycles. The van der Waals surface area contributed by atoms with Gasteiger partial charge in [-0.2, -0.15) is 0 Å². The Labute approximate surface area is 126 Å². The maximum Gasteiger partial charge on any atom is 0.198 e. The molecule has 2 aliphatic carbocycles. The molecule has 2 fully saturated rings. The average molecular weight is 284 g/mol. The molecule has 2 unspecified atom stereocenters. The van der Waals surface area contributed by atoms with E-state index in [9.17, 15) is 0 Å². The highest BCUT2D eigenvalue weighted by Gasteiger charge is 2.29. The zero-order chi connectivity index (χ0) is 14.2. The summed E-state index contributed by atoms with van der Waals surface area (Å²) in [5, 5.41) is 3.71. The van der Waals surface area contributed by atoms with Crippen LogP contribution in [0.2, 0.25) is 0 Å². The first-order valence-electron chi connectivity index (χ1n) is 8.49. The van der Waals surface area contributed by atoms with Crippen molar-refractivity contribution in [3.8, 4) is 0 Å². The summed E-state index contributed by atoms with van der Waals surface area (Å²) < 4.78 is 5.83. The minimum absolute atomic E-state index is 0.581. The fourth-order valence-corrected chi connectivity index (χ4v) is 3.57. The molecule has 1 heterocycles. The van der Waals surface area contributed by atoms with E-state index in [1.807, 2.05) is 0 Å². The normalized spacial score (nSPS) is 26.1. The van der Waals surface area contributed by atoms with Crippen molar-refractivity contribution in [3.63, 3.8) is 0 Å². The van der Waals surface area contributed by atoms with E-state index in [4.69, 9.17) is 4.42 Å². The summed E-state index contributed by atoms with van der Waals surface area (Å²) in [6.45, 7) is 2.31. The molecule has 0 bridgehead atoms. The van der Waals surface area contributed by atoms with Crippen LogP contribution in [0.4, 0.5) is 5.69 Å². The Morgan fingerprint density at radius 2 is 2.14 bits per heavy atom. The number of oxazole rings is 1. The van der Waals surface area contributed by atoms with Gasteiger partial charge >= 0.3 is 0 Å². The van der Waals surface area contributed by atoms with Crippen molar-refractivity contribution in [2.75, 3.05) is 5.32 Å². The molecule has 1 aromatic carbocycles. The molecule has 3 heteroatoms. The number of anilines is 1. The van der Waals surface area contributed by atoms with Gasteiger partial charge in [0.25, 0.3) is 0 Å². The lowest BCUT2D eigenvalue weighted by Crippen LogP contribution is -2.26. The Morgan fingerprint density at radius 3 is 2.95 bits per heavy atom. The second kappa shape index (κ2) is 5.36. The Kier molecular flexibility index (Phi) is 3.36. The largest absolute Gasteiger partial charge is 0.440 e. The van der Waals surface area contributed by atoms with Gasteiger partial charge in [0.05, 0.1) is 0 Å². The van der Waals surface area contributed by atoms with E-state index in [2.05, 4.69) is 35.4 Å². The highest BCUT2D eigenvalue weighted by Crippen LogP contribution is 2.40. The first-order valence-corrected chi connectivity index (χ1v) is 8.49. The molecule has 2 saturated carbocycles. The number of hydrogen-bond donors (Lipinski definition) is 1. The van der Waals surface area contributed by atoms with Gasteiger partial charge in [0, 0.05) is 17.6 Å². The molecule has 2 aliphatic rings. The first-order chi connectivity index (χ1) is 10.3. The molecule has 112 valence electrons. The minimum atomic E-state index is 0.581. The van der Waals surface area contributed by atoms with Gasteiger partial charge in [0.1, 0.15) is 5.52 Å². The van der Waals surface area contributed by atoms with Crippen LogP contribution in [-0.4, -0.2) is 11.0 Å². The van der Waals surface area contributed by atoms with Gasteiger partial charge in [-0.1, -0.05) is 26.2 Å². The van der Waals surface area contributed by atoms with E-state index >= 15 is 0 Å². The van der Waals surface area contributed by atoms with Crippen LogP contribution in [0.5, 0.6) is 0 Å². The van der Waals surface area contributed by atoms with Crippen molar-refractivity contribution in [3.05, 3.63) is 24.1 Å². The Balaban J connectivity index is 1.50. The van der Waals surface area contributed by atoms with Crippen molar-refractivity contribution in [1.29, 1.82) is 0 Å². The van der Waals surface area contributed by atoms with E-state index in [0.717, 1.165) is 22.9 Å². The standard InChI is InChI=1S/C18H24N2O/c1-2-12-4-3-5-14(10-12)19-15-8-9-17-16(11-15)20-18(21-17)13-6-7-13/h8-9,11-14,19H,2-7,10H2,1H3. The van der Waals surface area contributed by atoms with Gasteiger partial charge in [-0.05, 0) is 49.8 Å². The maximum absolute atomic E-state index is 5.83. The van der Waals surface area contributed by atoms with Gasteiger partial charge in [-0.15, -0.1) is 0 Å². The highest BCUT2D eigenvalue weighted by molar-refractivity contribution is 5.77. The van der Waals surface area contributed by atoms with E-state index in [0.29, 0.717) is 12.0 Å². The first kappa shape index (κ1) is 13.2. The monoisotopic (exact) mass is 284 g/mol. The lowest BCUT2D eigenvalue weighted by Gasteiger charge is -2.29. The van der Waals surface area contributed by atoms with Crippen LogP contribution in [0.3, 0.4) is 0 Å². The number of benzene rings is 1. The average Bonchev–Trinajstić information content (AvgIpc) is 3.27. The molecule has 1 N–H and O–H groups in total. The lowest BCUT2D eigenvalue weighted by molar-refractivity contribution is 0.327. The second-order valence-electron chi connectivity index (χ2n) is 6.79. The maximum atomic E-state index is 5.83. The highest BCUT2D eigenvalue weighted by atomic mass is 16.3. The third-order valence-corrected chi connectivity index (χ3v) is 5.06. The van der Waals surface area contributed by atoms with Crippen LogP contribution in [0, 0.1) is 5.92 Å². The van der Waals surface area contributed by atoms with Crippen LogP contribution in [0.15, 0.2) is 22.6 Å². The minimum Gasteiger partial charge on any atom is -0.440 e. The van der Waals surface area contributed by atoms with Crippen LogP contribution in [0.1, 0.15) is 63.7 Å². The smallest absolute Gasteiger partial charge is 0.198 e. The molecule has 2 aromatic rings. The number of aromatic nitrogens is 1. The topological polar surface area (TPSA) is 38.1 Å². The van der Waals surface area contributed by atoms with Crippen LogP contribution in [0.25, 0.3) is 11.1 Å². The van der Waals surface area contributed by atoms with Gasteiger partial charge in [0.15, 0.2) is 11.5 Å². The summed E-state index contributed by atoms with van der Waals surface area (Å²) in [7, 11) is 0. The van der Waals surface area contributed by atoms with Crippen molar-refractivity contribution in [2.45, 2.75) is 63.8 Å².